The summed E-state index contributed by atoms with van der Waals surface area (Å²) in [6, 6.07) is 46.7. The number of halogens is 1. The number of hydrogen-bond acceptors (Lipinski definition) is 22. The predicted molar refractivity (Wildman–Crippen MR) is 489 cm³/mol. The summed E-state index contributed by atoms with van der Waals surface area (Å²) in [5.74, 6) is -1.55. The zero-order valence-corrected chi connectivity index (χ0v) is 77.3. The van der Waals surface area contributed by atoms with Gasteiger partial charge in [-0.15, -0.1) is 0 Å². The van der Waals surface area contributed by atoms with Crippen LogP contribution in [-0.4, -0.2) is 180 Å². The highest BCUT2D eigenvalue weighted by Gasteiger charge is 2.29. The molecule has 0 saturated heterocycles. The number of carbonyl (C=O) groups excluding carboxylic acids is 11. The van der Waals surface area contributed by atoms with Crippen molar-refractivity contribution in [2.45, 2.75) is 244 Å². The molecule has 26 nitrogen and oxygen atoms in total. The van der Waals surface area contributed by atoms with E-state index in [4.69, 9.17) is 23.1 Å². The SMILES string of the molecule is CC(=O)C(CC(C)C)OS(C)(=O)=O.CC(=O)[C@H](CN)N[C@@H](CC(C)C)C(C)=O.CC(=O)[C@H](CNC(=O)c1ccc(-c2ccccc2)cc1)N[C@@H](CC(C)C)C(C)=O.CC(C)C[C@H](N[C@@H](CNC(=O)c1ccc(-c2ccccc2)cc1)C(=O)O)C(=O)O.CC[C@H](N)C(C)=O.CC[C@H](N[C@@H](CC(C)C)C(C)=O)C(C)=O.O=C(Cl)c1ccc(-c2ccccc2)cc1. The van der Waals surface area contributed by atoms with Gasteiger partial charge in [0.05, 0.1) is 48.5 Å². The largest absolute Gasteiger partial charge is 0.480 e. The van der Waals surface area contributed by atoms with E-state index in [1.165, 1.54) is 41.5 Å². The molecule has 6 aromatic rings. The molecule has 0 aliphatic carbocycles. The molecule has 0 saturated carbocycles. The summed E-state index contributed by atoms with van der Waals surface area (Å²) in [6.07, 6.45) is 4.49. The van der Waals surface area contributed by atoms with Crippen molar-refractivity contribution in [2.75, 3.05) is 25.9 Å². The minimum atomic E-state index is -3.53. The Labute approximate surface area is 734 Å². The zero-order chi connectivity index (χ0) is 94.0. The normalized spacial score (nSPS) is 13.3. The highest BCUT2D eigenvalue weighted by Crippen LogP contribution is 2.23. The maximum Gasteiger partial charge on any atom is 0.322 e. The van der Waals surface area contributed by atoms with E-state index in [-0.39, 0.29) is 114 Å². The molecular formula is C95H137ClN8O18S. The van der Waals surface area contributed by atoms with E-state index in [0.717, 1.165) is 65.3 Å². The van der Waals surface area contributed by atoms with Gasteiger partial charge in [-0.25, -0.2) is 0 Å². The molecule has 678 valence electrons. The Balaban J connectivity index is 0.00000147. The number of carbonyl (C=O) groups is 13. The summed E-state index contributed by atoms with van der Waals surface area (Å²) in [7, 11) is -3.53. The number of benzene rings is 6. The molecular weight excluding hydrogens is 1610 g/mol. The van der Waals surface area contributed by atoms with Gasteiger partial charge in [-0.3, -0.25) is 87.8 Å². The molecule has 2 amide bonds. The number of amides is 2. The first-order valence-electron chi connectivity index (χ1n) is 41.6. The number of nitrogens with one attached hydrogen (secondary N) is 6. The van der Waals surface area contributed by atoms with Crippen LogP contribution in [0.1, 0.15) is 214 Å². The van der Waals surface area contributed by atoms with Crippen molar-refractivity contribution >= 4 is 97.0 Å². The van der Waals surface area contributed by atoms with Gasteiger partial charge < -0.3 is 32.3 Å². The molecule has 0 fully saturated rings. The molecule has 123 heavy (non-hydrogen) atoms. The van der Waals surface area contributed by atoms with Crippen LogP contribution in [0.15, 0.2) is 164 Å². The highest BCUT2D eigenvalue weighted by atomic mass is 35.5. The average molecular weight is 1750 g/mol. The highest BCUT2D eigenvalue weighted by molar-refractivity contribution is 7.86. The lowest BCUT2D eigenvalue weighted by molar-refractivity contribution is -0.143. The predicted octanol–water partition coefficient (Wildman–Crippen LogP) is 13.7. The number of carboxylic acid groups (broad SMARTS) is 2. The number of ketones is 8. The number of nitrogens with two attached hydrogens (primary N) is 2. The molecule has 0 radical (unpaired) electrons. The first-order chi connectivity index (χ1) is 57.5. The van der Waals surface area contributed by atoms with E-state index in [2.05, 4.69) is 49.9 Å². The standard InChI is InChI=1S/C24H30N2O3.C22H26N2O5.C13H9ClO.C12H23NO2.C11H22N2O2.C8H16O4S.C5H11NO/c1-16(2)14-22(17(3)27)26-23(18(4)28)15-25-24(29)21-12-10-20(11-13-21)19-8-6-5-7-9-19;1-14(2)12-18(21(26)27)24-19(22(28)29)13-23-20(25)17-10-8-16(9-11-17)15-6-4-3-5-7-15;14-13(15)12-8-6-11(7-9-12)10-4-2-1-3-5-10;1-6-11(9(4)14)13-12(10(5)15)7-8(2)3;1-7(2)5-10(8(3)14)13-11(6-12)9(4)15;1-6(2)5-8(7(3)9)12-13(4,10)11;1-3-5(6)4(2)7/h5-13,16,22-23,26H,14-15H2,1-4H3,(H,25,29);3-11,14,18-19,24H,12-13H2,1-2H3,(H,23,25)(H,26,27)(H,28,29);1-9H;8,11-13H,6-7H2,1-5H3;7,10-11,13H,5-6,12H2,1-4H3;6,8H,5H2,1-4H3;5H,3,6H2,1-2H3/t22-,23-;18-,19-;;11-,12-;10-,11-;;5-/m00.00.0/s1. The topological polar surface area (TPSA) is 430 Å². The number of Topliss-reactive ketones (excluding diaryl/α,β-unsaturated/α-hetero) is 8. The molecule has 10 atom stereocenters. The zero-order valence-electron chi connectivity index (χ0n) is 75.7. The molecule has 0 heterocycles. The minimum Gasteiger partial charge on any atom is -0.480 e. The van der Waals surface area contributed by atoms with Gasteiger partial charge in [0.2, 0.25) is 0 Å². The molecule has 0 aliphatic heterocycles. The fraction of sp³-hybridized carbons (Fsp3) is 0.484. The molecule has 6 rings (SSSR count). The second-order valence-corrected chi connectivity index (χ2v) is 34.2. The van der Waals surface area contributed by atoms with E-state index in [9.17, 15) is 81.0 Å². The number of rotatable bonds is 43. The second-order valence-electron chi connectivity index (χ2n) is 32.3. The van der Waals surface area contributed by atoms with E-state index in [1.54, 1.807) is 50.2 Å². The number of hydrogen-bond donors (Lipinski definition) is 10. The first kappa shape index (κ1) is 113. The monoisotopic (exact) mass is 1740 g/mol. The lowest BCUT2D eigenvalue weighted by atomic mass is 9.99. The maximum atomic E-state index is 12.5. The molecule has 6 aromatic carbocycles. The quantitative estimate of drug-likeness (QED) is 0.0126. The van der Waals surface area contributed by atoms with Crippen LogP contribution in [-0.2, 0) is 62.2 Å². The van der Waals surface area contributed by atoms with E-state index in [0.29, 0.717) is 47.3 Å². The lowest BCUT2D eigenvalue weighted by Crippen LogP contribution is -2.52. The Morgan fingerprint density at radius 2 is 0.618 bits per heavy atom. The summed E-state index contributed by atoms with van der Waals surface area (Å²) in [4.78, 5) is 149. The summed E-state index contributed by atoms with van der Waals surface area (Å²) in [5, 5.41) is 35.5. The molecule has 1 unspecified atom stereocenters. The van der Waals surface area contributed by atoms with Crippen LogP contribution < -0.4 is 43.4 Å². The fourth-order valence-corrected chi connectivity index (χ4v) is 12.4. The van der Waals surface area contributed by atoms with Crippen LogP contribution >= 0.6 is 11.6 Å². The van der Waals surface area contributed by atoms with Crippen LogP contribution in [0.3, 0.4) is 0 Å². The van der Waals surface area contributed by atoms with Gasteiger partial charge in [0, 0.05) is 36.3 Å². The van der Waals surface area contributed by atoms with Gasteiger partial charge >= 0.3 is 11.9 Å². The second kappa shape index (κ2) is 60.7. The average Bonchev–Trinajstić information content (AvgIpc) is 0.857. The summed E-state index contributed by atoms with van der Waals surface area (Å²) in [6.45, 7) is 35.8. The number of carboxylic acids is 2. The van der Waals surface area contributed by atoms with Gasteiger partial charge in [-0.1, -0.05) is 210 Å². The smallest absolute Gasteiger partial charge is 0.322 e. The van der Waals surface area contributed by atoms with Crippen molar-refractivity contribution in [3.8, 4) is 33.4 Å². The molecule has 28 heteroatoms. The Morgan fingerprint density at radius 1 is 0.350 bits per heavy atom. The Bertz CT molecular complexity index is 4150. The Hall–Kier alpha value is -9.81. The third kappa shape index (κ3) is 49.9. The fourth-order valence-electron chi connectivity index (χ4n) is 11.7. The van der Waals surface area contributed by atoms with Crippen LogP contribution in [0.2, 0.25) is 0 Å². The van der Waals surface area contributed by atoms with Crippen LogP contribution in [0, 0.1) is 29.6 Å². The first-order valence-corrected chi connectivity index (χ1v) is 43.8. The van der Waals surface area contributed by atoms with Crippen molar-refractivity contribution in [3.63, 3.8) is 0 Å². The molecule has 12 N–H and O–H groups in total. The van der Waals surface area contributed by atoms with Gasteiger partial charge in [-0.05, 0) is 211 Å². The molecule has 0 spiro atoms. The summed E-state index contributed by atoms with van der Waals surface area (Å²) in [5.41, 5.74) is 18.5. The maximum absolute atomic E-state index is 12.5. The van der Waals surface area contributed by atoms with E-state index < -0.39 is 69.5 Å². The van der Waals surface area contributed by atoms with Crippen LogP contribution in [0.25, 0.3) is 33.4 Å². The van der Waals surface area contributed by atoms with Gasteiger partial charge in [-0.2, -0.15) is 8.42 Å². The van der Waals surface area contributed by atoms with Crippen molar-refractivity contribution in [3.05, 3.63) is 180 Å². The Kier molecular flexibility index (Phi) is 55.8. The summed E-state index contributed by atoms with van der Waals surface area (Å²) < 4.78 is 26.1. The van der Waals surface area contributed by atoms with Crippen molar-refractivity contribution in [1.29, 1.82) is 0 Å². The van der Waals surface area contributed by atoms with Crippen molar-refractivity contribution < 1.29 is 85.1 Å². The Morgan fingerprint density at radius 3 is 0.854 bits per heavy atom. The third-order valence-electron chi connectivity index (χ3n) is 18.7. The summed E-state index contributed by atoms with van der Waals surface area (Å²) >= 11 is 5.36. The van der Waals surface area contributed by atoms with Crippen LogP contribution in [0.4, 0.5) is 0 Å². The van der Waals surface area contributed by atoms with E-state index >= 15 is 0 Å². The molecule has 0 bridgehead atoms. The lowest BCUT2D eigenvalue weighted by Gasteiger charge is -2.24. The van der Waals surface area contributed by atoms with Gasteiger partial charge in [0.25, 0.3) is 27.2 Å². The molecule has 0 aromatic heterocycles. The minimum absolute atomic E-state index is 0.00669. The van der Waals surface area contributed by atoms with Crippen LogP contribution in [0.5, 0.6) is 0 Å². The number of aliphatic carboxylic acids is 2. The van der Waals surface area contributed by atoms with Crippen molar-refractivity contribution in [1.82, 2.24) is 31.9 Å². The van der Waals surface area contributed by atoms with Gasteiger partial charge in [0.1, 0.15) is 58.7 Å². The third-order valence-corrected chi connectivity index (χ3v) is 19.5. The van der Waals surface area contributed by atoms with Gasteiger partial charge in [0.15, 0.2) is 5.78 Å². The van der Waals surface area contributed by atoms with Crippen molar-refractivity contribution in [2.24, 2.45) is 41.1 Å². The van der Waals surface area contributed by atoms with E-state index in [1.807, 2.05) is 197 Å². The molecule has 0 aliphatic rings.